The number of benzene rings is 1. The first-order chi connectivity index (χ1) is 10.9. The number of carbonyl (C=O) groups is 1. The van der Waals surface area contributed by atoms with Crippen molar-refractivity contribution < 1.29 is 4.79 Å². The van der Waals surface area contributed by atoms with Crippen LogP contribution in [-0.4, -0.2) is 27.9 Å². The molecule has 1 N–H and O–H groups in total. The van der Waals surface area contributed by atoms with E-state index < -0.39 is 11.5 Å². The Morgan fingerprint density at radius 3 is 2.70 bits per heavy atom. The number of hydrogen-bond donors (Lipinski definition) is 1. The van der Waals surface area contributed by atoms with Gasteiger partial charge in [0.1, 0.15) is 0 Å². The number of amides is 1. The number of H-pyrrole nitrogens is 1. The molecule has 0 aliphatic heterocycles. The first-order valence-electron chi connectivity index (χ1n) is 7.09. The van der Waals surface area contributed by atoms with E-state index in [0.717, 1.165) is 15.2 Å². The Kier molecular flexibility index (Phi) is 3.73. The fourth-order valence-electron chi connectivity index (χ4n) is 2.28. The Morgan fingerprint density at radius 2 is 1.96 bits per heavy atom. The van der Waals surface area contributed by atoms with E-state index in [0.29, 0.717) is 17.1 Å². The number of anilines is 1. The second-order valence-electron chi connectivity index (χ2n) is 5.37. The van der Waals surface area contributed by atoms with Crippen LogP contribution in [0.3, 0.4) is 0 Å². The van der Waals surface area contributed by atoms with Gasteiger partial charge >= 0.3 is 0 Å². The Morgan fingerprint density at radius 1 is 1.22 bits per heavy atom. The van der Waals surface area contributed by atoms with Gasteiger partial charge in [-0.3, -0.25) is 9.59 Å². The van der Waals surface area contributed by atoms with E-state index >= 15 is 0 Å². The van der Waals surface area contributed by atoms with Crippen LogP contribution in [0.4, 0.5) is 5.69 Å². The third-order valence-electron chi connectivity index (χ3n) is 3.71. The van der Waals surface area contributed by atoms with Crippen molar-refractivity contribution in [1.29, 1.82) is 0 Å². The molecule has 0 aliphatic carbocycles. The zero-order valence-corrected chi connectivity index (χ0v) is 14.1. The third-order valence-corrected chi connectivity index (χ3v) is 4.65. The van der Waals surface area contributed by atoms with Gasteiger partial charge in [0.15, 0.2) is 5.69 Å². The highest BCUT2D eigenvalue weighted by Gasteiger charge is 2.20. The van der Waals surface area contributed by atoms with Crippen LogP contribution >= 0.6 is 11.3 Å². The van der Waals surface area contributed by atoms with Crippen molar-refractivity contribution in [3.05, 3.63) is 50.6 Å². The summed E-state index contributed by atoms with van der Waals surface area (Å²) in [7, 11) is 1.63. The number of aryl methyl sites for hydroxylation is 3. The lowest BCUT2D eigenvalue weighted by Crippen LogP contribution is -2.33. The molecule has 3 rings (SSSR count). The maximum absolute atomic E-state index is 12.6. The largest absolute Gasteiger partial charge is 0.323 e. The molecule has 0 unspecified atom stereocenters. The summed E-state index contributed by atoms with van der Waals surface area (Å²) in [5.74, 6) is -0.435. The minimum Gasteiger partial charge on any atom is -0.323 e. The quantitative estimate of drug-likeness (QED) is 0.784. The molecule has 0 saturated carbocycles. The van der Waals surface area contributed by atoms with E-state index in [2.05, 4.69) is 15.0 Å². The minimum atomic E-state index is -0.473. The molecule has 0 radical (unpaired) electrons. The van der Waals surface area contributed by atoms with Crippen molar-refractivity contribution in [3.8, 4) is 0 Å². The molecule has 0 atom stereocenters. The lowest BCUT2D eigenvalue weighted by Gasteiger charge is -2.16. The molecule has 23 heavy (non-hydrogen) atoms. The lowest BCUT2D eigenvalue weighted by atomic mass is 10.2. The Bertz CT molecular complexity index is 974. The van der Waals surface area contributed by atoms with Crippen LogP contribution in [0.25, 0.3) is 10.2 Å². The molecule has 7 heteroatoms. The topological polar surface area (TPSA) is 79.0 Å². The summed E-state index contributed by atoms with van der Waals surface area (Å²) in [5.41, 5.74) is 2.33. The lowest BCUT2D eigenvalue weighted by molar-refractivity contribution is 0.0986. The molecule has 0 aliphatic rings. The van der Waals surface area contributed by atoms with Gasteiger partial charge in [-0.2, -0.15) is 0 Å². The van der Waals surface area contributed by atoms with Crippen LogP contribution in [0.5, 0.6) is 0 Å². The summed E-state index contributed by atoms with van der Waals surface area (Å²) in [5, 5.41) is 0.971. The maximum atomic E-state index is 12.6. The summed E-state index contributed by atoms with van der Waals surface area (Å²) < 4.78 is 1.00. The molecule has 1 aromatic carbocycles. The van der Waals surface area contributed by atoms with Gasteiger partial charge in [-0.05, 0) is 39.0 Å². The number of aromatic amines is 1. The Hall–Kier alpha value is -2.54. The maximum Gasteiger partial charge on any atom is 0.282 e. The van der Waals surface area contributed by atoms with Crippen LogP contribution in [0.2, 0.25) is 0 Å². The highest BCUT2D eigenvalue weighted by molar-refractivity contribution is 7.18. The number of carbonyl (C=O) groups excluding carboxylic acids is 1. The predicted molar refractivity (Wildman–Crippen MR) is 91.4 cm³/mol. The van der Waals surface area contributed by atoms with Crippen molar-refractivity contribution in [2.24, 2.45) is 0 Å². The van der Waals surface area contributed by atoms with Crippen molar-refractivity contribution in [1.82, 2.24) is 15.0 Å². The van der Waals surface area contributed by atoms with Crippen LogP contribution < -0.4 is 10.5 Å². The molecule has 2 aromatic heterocycles. The number of hydrogen-bond acceptors (Lipinski definition) is 5. The van der Waals surface area contributed by atoms with E-state index in [1.165, 1.54) is 4.90 Å². The average Bonchev–Trinajstić information content (AvgIpc) is 2.88. The first kappa shape index (κ1) is 15.4. The molecular weight excluding hydrogens is 312 g/mol. The summed E-state index contributed by atoms with van der Waals surface area (Å²) in [6.07, 6.45) is 0. The fourth-order valence-corrected chi connectivity index (χ4v) is 3.14. The second kappa shape index (κ2) is 5.58. The number of nitrogens with one attached hydrogen (secondary N) is 1. The molecular formula is C16H16N4O2S. The average molecular weight is 328 g/mol. The zero-order chi connectivity index (χ0) is 16.7. The smallest absolute Gasteiger partial charge is 0.282 e. The van der Waals surface area contributed by atoms with Gasteiger partial charge < -0.3 is 9.88 Å². The van der Waals surface area contributed by atoms with E-state index in [4.69, 9.17) is 0 Å². The van der Waals surface area contributed by atoms with Crippen LogP contribution in [0.1, 0.15) is 26.9 Å². The highest BCUT2D eigenvalue weighted by atomic mass is 32.1. The summed E-state index contributed by atoms with van der Waals surface area (Å²) in [4.78, 5) is 37.2. The summed E-state index contributed by atoms with van der Waals surface area (Å²) in [6.45, 7) is 5.45. The van der Waals surface area contributed by atoms with Gasteiger partial charge in [-0.25, -0.2) is 9.97 Å². The Balaban J connectivity index is 2.01. The number of thiazole rings is 1. The summed E-state index contributed by atoms with van der Waals surface area (Å²) >= 11 is 1.57. The number of rotatable bonds is 2. The van der Waals surface area contributed by atoms with Crippen molar-refractivity contribution in [3.63, 3.8) is 0 Å². The van der Waals surface area contributed by atoms with Crippen molar-refractivity contribution in [2.75, 3.05) is 11.9 Å². The van der Waals surface area contributed by atoms with E-state index in [1.807, 2.05) is 25.1 Å². The predicted octanol–water partition coefficient (Wildman–Crippen LogP) is 2.58. The van der Waals surface area contributed by atoms with E-state index in [-0.39, 0.29) is 5.69 Å². The van der Waals surface area contributed by atoms with Crippen molar-refractivity contribution in [2.45, 2.75) is 20.8 Å². The molecule has 1 amide bonds. The number of nitrogens with zero attached hydrogens (tertiary/aromatic N) is 3. The molecule has 0 bridgehead atoms. The van der Waals surface area contributed by atoms with Crippen LogP contribution in [0, 0.1) is 20.8 Å². The van der Waals surface area contributed by atoms with Crippen LogP contribution in [-0.2, 0) is 0 Å². The molecule has 118 valence electrons. The van der Waals surface area contributed by atoms with Crippen molar-refractivity contribution >= 4 is 33.1 Å². The normalized spacial score (nSPS) is 11.0. The van der Waals surface area contributed by atoms with Gasteiger partial charge in [0.05, 0.1) is 20.9 Å². The monoisotopic (exact) mass is 328 g/mol. The first-order valence-corrected chi connectivity index (χ1v) is 7.91. The number of fused-ring (bicyclic) bond motifs is 1. The standard InChI is InChI=1S/C16H16N4O2S/c1-8-9(2)18-15(21)14(17-8)16(22)20(4)11-5-6-12-13(7-11)23-10(3)19-12/h5-7H,1-4H3,(H,18,21). The minimum absolute atomic E-state index is 0.101. The van der Waals surface area contributed by atoms with Gasteiger partial charge in [0.2, 0.25) is 0 Å². The SMILES string of the molecule is Cc1nc2ccc(N(C)C(=O)c3nc(C)c(C)[nH]c3=O)cc2s1. The molecule has 0 fully saturated rings. The molecule has 0 saturated heterocycles. The second-order valence-corrected chi connectivity index (χ2v) is 6.61. The van der Waals surface area contributed by atoms with Gasteiger partial charge in [0.25, 0.3) is 11.5 Å². The van der Waals surface area contributed by atoms with Gasteiger partial charge in [-0.15, -0.1) is 11.3 Å². The molecule has 6 nitrogen and oxygen atoms in total. The fraction of sp³-hybridized carbons (Fsp3) is 0.250. The highest BCUT2D eigenvalue weighted by Crippen LogP contribution is 2.26. The van der Waals surface area contributed by atoms with Gasteiger partial charge in [0, 0.05) is 18.4 Å². The molecule has 0 spiro atoms. The van der Waals surface area contributed by atoms with E-state index in [1.54, 1.807) is 32.2 Å². The molecule has 2 heterocycles. The number of aromatic nitrogens is 3. The molecule has 3 aromatic rings. The van der Waals surface area contributed by atoms with Crippen LogP contribution in [0.15, 0.2) is 23.0 Å². The Labute approximate surface area is 136 Å². The van der Waals surface area contributed by atoms with E-state index in [9.17, 15) is 9.59 Å². The summed E-state index contributed by atoms with van der Waals surface area (Å²) in [6, 6.07) is 5.58. The zero-order valence-electron chi connectivity index (χ0n) is 13.3. The van der Waals surface area contributed by atoms with Gasteiger partial charge in [-0.1, -0.05) is 0 Å². The third kappa shape index (κ3) is 2.75.